The van der Waals surface area contributed by atoms with Crippen LogP contribution in [0.3, 0.4) is 0 Å². The van der Waals surface area contributed by atoms with E-state index in [-0.39, 0.29) is 29.9 Å². The lowest BCUT2D eigenvalue weighted by atomic mass is 9.95. The van der Waals surface area contributed by atoms with Crippen LogP contribution in [0.15, 0.2) is 24.5 Å². The van der Waals surface area contributed by atoms with Gasteiger partial charge in [0.15, 0.2) is 9.84 Å². The van der Waals surface area contributed by atoms with Crippen molar-refractivity contribution in [2.24, 2.45) is 0 Å². The average molecular weight is 422 g/mol. The Morgan fingerprint density at radius 1 is 1.21 bits per heavy atom. The number of pyridine rings is 1. The molecule has 0 saturated carbocycles. The fourth-order valence-electron chi connectivity index (χ4n) is 3.12. The van der Waals surface area contributed by atoms with Crippen LogP contribution in [0.25, 0.3) is 0 Å². The predicted molar refractivity (Wildman–Crippen MR) is 110 cm³/mol. The number of carbonyl (C=O) groups is 2. The van der Waals surface area contributed by atoms with Crippen molar-refractivity contribution >= 4 is 38.0 Å². The molecule has 0 saturated heterocycles. The maximum atomic E-state index is 12.8. The zero-order valence-corrected chi connectivity index (χ0v) is 17.3. The average Bonchev–Trinajstić information content (AvgIpc) is 3.06. The summed E-state index contributed by atoms with van der Waals surface area (Å²) in [6.07, 6.45) is 6.77. The number of hydrogen-bond donors (Lipinski definition) is 2. The minimum Gasteiger partial charge on any atom is -0.351 e. The summed E-state index contributed by atoms with van der Waals surface area (Å²) in [5, 5.41) is 6.06. The highest BCUT2D eigenvalue weighted by molar-refractivity contribution is 7.91. The molecule has 150 valence electrons. The normalized spacial score (nSPS) is 13.6. The van der Waals surface area contributed by atoms with E-state index in [9.17, 15) is 18.0 Å². The van der Waals surface area contributed by atoms with E-state index in [2.05, 4.69) is 15.6 Å². The van der Waals surface area contributed by atoms with Crippen LogP contribution < -0.4 is 10.6 Å². The zero-order valence-electron chi connectivity index (χ0n) is 15.7. The summed E-state index contributed by atoms with van der Waals surface area (Å²) in [5.74, 6) is -0.719. The molecule has 0 aliphatic heterocycles. The Hall–Kier alpha value is -2.26. The number of aromatic nitrogens is 1. The van der Waals surface area contributed by atoms with E-state index < -0.39 is 9.84 Å². The second-order valence-electron chi connectivity index (χ2n) is 6.60. The molecule has 0 bridgehead atoms. The molecular formula is C19H23N3O4S2. The third kappa shape index (κ3) is 4.77. The fraction of sp³-hybridized carbons (Fsp3) is 0.421. The number of nitrogens with zero attached hydrogens (tertiary/aromatic N) is 1. The number of sulfone groups is 1. The van der Waals surface area contributed by atoms with Gasteiger partial charge in [-0.2, -0.15) is 0 Å². The Kier molecular flexibility index (Phi) is 6.46. The second kappa shape index (κ2) is 8.83. The van der Waals surface area contributed by atoms with Gasteiger partial charge in [0.2, 0.25) is 0 Å². The quantitative estimate of drug-likeness (QED) is 0.714. The van der Waals surface area contributed by atoms with Crippen molar-refractivity contribution in [1.82, 2.24) is 10.3 Å². The minimum absolute atomic E-state index is 0.0448. The third-order valence-electron chi connectivity index (χ3n) is 4.69. The monoisotopic (exact) mass is 421 g/mol. The summed E-state index contributed by atoms with van der Waals surface area (Å²) in [7, 11) is -3.16. The molecule has 2 amide bonds. The van der Waals surface area contributed by atoms with Crippen molar-refractivity contribution in [3.05, 3.63) is 46.1 Å². The van der Waals surface area contributed by atoms with Crippen LogP contribution in [0.4, 0.5) is 5.00 Å². The van der Waals surface area contributed by atoms with Gasteiger partial charge in [0.25, 0.3) is 11.8 Å². The van der Waals surface area contributed by atoms with Crippen molar-refractivity contribution in [3.63, 3.8) is 0 Å². The largest absolute Gasteiger partial charge is 0.351 e. The number of fused-ring (bicyclic) bond motifs is 1. The molecule has 0 fully saturated rings. The molecule has 2 heterocycles. The van der Waals surface area contributed by atoms with E-state index in [1.807, 2.05) is 0 Å². The molecule has 2 N–H and O–H groups in total. The highest BCUT2D eigenvalue weighted by atomic mass is 32.2. The van der Waals surface area contributed by atoms with Gasteiger partial charge in [0.1, 0.15) is 5.00 Å². The van der Waals surface area contributed by atoms with E-state index >= 15 is 0 Å². The minimum atomic E-state index is -3.16. The van der Waals surface area contributed by atoms with Gasteiger partial charge in [0.05, 0.1) is 16.9 Å². The Morgan fingerprint density at radius 3 is 2.71 bits per heavy atom. The molecule has 28 heavy (non-hydrogen) atoms. The fourth-order valence-corrected chi connectivity index (χ4v) is 5.10. The molecular weight excluding hydrogens is 398 g/mol. The van der Waals surface area contributed by atoms with Crippen molar-refractivity contribution < 1.29 is 18.0 Å². The Morgan fingerprint density at radius 2 is 2.00 bits per heavy atom. The molecule has 0 unspecified atom stereocenters. The molecule has 0 spiro atoms. The number of aryl methyl sites for hydroxylation is 1. The van der Waals surface area contributed by atoms with Gasteiger partial charge in [-0.3, -0.25) is 14.6 Å². The first-order valence-corrected chi connectivity index (χ1v) is 11.9. The molecule has 9 heteroatoms. The Bertz CT molecular complexity index is 969. The van der Waals surface area contributed by atoms with Crippen LogP contribution in [0, 0.1) is 0 Å². The van der Waals surface area contributed by atoms with Gasteiger partial charge in [-0.05, 0) is 43.4 Å². The third-order valence-corrected chi connectivity index (χ3v) is 7.60. The van der Waals surface area contributed by atoms with Crippen molar-refractivity contribution in [2.75, 3.05) is 23.4 Å². The number of thiophene rings is 1. The number of anilines is 1. The number of rotatable bonds is 7. The summed E-state index contributed by atoms with van der Waals surface area (Å²) >= 11 is 1.43. The summed E-state index contributed by atoms with van der Waals surface area (Å²) in [4.78, 5) is 30.4. The molecule has 2 aromatic heterocycles. The highest BCUT2D eigenvalue weighted by Gasteiger charge is 2.26. The highest BCUT2D eigenvalue weighted by Crippen LogP contribution is 2.38. The summed E-state index contributed by atoms with van der Waals surface area (Å²) < 4.78 is 23.3. The van der Waals surface area contributed by atoms with Crippen LogP contribution in [-0.4, -0.2) is 43.3 Å². The van der Waals surface area contributed by atoms with Crippen LogP contribution in [0.5, 0.6) is 0 Å². The van der Waals surface area contributed by atoms with Crippen molar-refractivity contribution in [2.45, 2.75) is 32.6 Å². The molecule has 2 aromatic rings. The van der Waals surface area contributed by atoms with Crippen molar-refractivity contribution in [3.8, 4) is 0 Å². The van der Waals surface area contributed by atoms with Gasteiger partial charge in [-0.15, -0.1) is 11.3 Å². The Labute approximate surface area is 168 Å². The number of hydrogen-bond acceptors (Lipinski definition) is 6. The number of nitrogens with one attached hydrogen (secondary N) is 2. The smallest absolute Gasteiger partial charge is 0.257 e. The number of amides is 2. The first-order chi connectivity index (χ1) is 13.4. The topological polar surface area (TPSA) is 105 Å². The van der Waals surface area contributed by atoms with Crippen LogP contribution in [-0.2, 0) is 22.7 Å². The zero-order chi connectivity index (χ0) is 20.1. The van der Waals surface area contributed by atoms with E-state index in [0.29, 0.717) is 16.1 Å². The lowest BCUT2D eigenvalue weighted by molar-refractivity contribution is 0.0956. The van der Waals surface area contributed by atoms with Crippen LogP contribution in [0.2, 0.25) is 0 Å². The van der Waals surface area contributed by atoms with Gasteiger partial charge in [-0.1, -0.05) is 6.92 Å². The molecule has 3 rings (SSSR count). The molecule has 0 radical (unpaired) electrons. The van der Waals surface area contributed by atoms with Gasteiger partial charge >= 0.3 is 0 Å². The van der Waals surface area contributed by atoms with E-state index in [4.69, 9.17) is 0 Å². The Balaban J connectivity index is 1.81. The van der Waals surface area contributed by atoms with E-state index in [1.165, 1.54) is 17.5 Å². The summed E-state index contributed by atoms with van der Waals surface area (Å²) in [5.41, 5.74) is 1.84. The standard InChI is InChI=1S/C19H23N3O4S2/c1-2-28(25,26)11-10-21-18(24)16-14-7-3-4-8-15(14)27-19(16)22-17(23)13-6-5-9-20-12-13/h5-6,9,12H,2-4,7-8,10-11H2,1H3,(H,21,24)(H,22,23). The number of carbonyl (C=O) groups excluding carboxylic acids is 2. The van der Waals surface area contributed by atoms with Gasteiger partial charge in [0, 0.05) is 29.6 Å². The van der Waals surface area contributed by atoms with Crippen LogP contribution >= 0.6 is 11.3 Å². The summed E-state index contributed by atoms with van der Waals surface area (Å²) in [6.45, 7) is 1.63. The molecule has 0 aromatic carbocycles. The first kappa shape index (κ1) is 20.5. The van der Waals surface area contributed by atoms with Crippen molar-refractivity contribution in [1.29, 1.82) is 0 Å². The predicted octanol–water partition coefficient (Wildman–Crippen LogP) is 2.44. The van der Waals surface area contributed by atoms with Gasteiger partial charge < -0.3 is 10.6 Å². The molecule has 1 aliphatic rings. The van der Waals surface area contributed by atoms with Gasteiger partial charge in [-0.25, -0.2) is 8.42 Å². The lowest BCUT2D eigenvalue weighted by Crippen LogP contribution is -2.31. The lowest BCUT2D eigenvalue weighted by Gasteiger charge is -2.13. The second-order valence-corrected chi connectivity index (χ2v) is 10.2. The molecule has 1 aliphatic carbocycles. The molecule has 7 nitrogen and oxygen atoms in total. The van der Waals surface area contributed by atoms with E-state index in [1.54, 1.807) is 25.3 Å². The van der Waals surface area contributed by atoms with E-state index in [0.717, 1.165) is 36.1 Å². The maximum Gasteiger partial charge on any atom is 0.257 e. The molecule has 0 atom stereocenters. The first-order valence-electron chi connectivity index (χ1n) is 9.26. The van der Waals surface area contributed by atoms with Crippen LogP contribution in [0.1, 0.15) is 50.9 Å². The summed E-state index contributed by atoms with van der Waals surface area (Å²) in [6, 6.07) is 3.33. The SMILES string of the molecule is CCS(=O)(=O)CCNC(=O)c1c(NC(=O)c2cccnc2)sc2c1CCCC2. The maximum absolute atomic E-state index is 12.8.